The van der Waals surface area contributed by atoms with E-state index in [0.29, 0.717) is 11.6 Å². The predicted molar refractivity (Wildman–Crippen MR) is 229 cm³/mol. The van der Waals surface area contributed by atoms with E-state index in [2.05, 4.69) is 51.8 Å². The molecular weight excluding hydrogens is 781 g/mol. The summed E-state index contributed by atoms with van der Waals surface area (Å²) in [6.45, 7) is 6.67. The Bertz CT molecular complexity index is 2910. The Morgan fingerprint density at radius 1 is 0.548 bits per heavy atom. The highest BCUT2D eigenvalue weighted by atomic mass is 16.3. The van der Waals surface area contributed by atoms with E-state index in [1.807, 2.05) is 72.8 Å². The molecule has 4 N–H and O–H groups in total. The zero-order valence-electron chi connectivity index (χ0n) is 34.4. The second kappa shape index (κ2) is 13.7. The minimum absolute atomic E-state index is 0.0319. The molecule has 8 heterocycles. The summed E-state index contributed by atoms with van der Waals surface area (Å²) >= 11 is 0. The number of nitrogens with zero attached hydrogens (tertiary/aromatic N) is 8. The lowest BCUT2D eigenvalue weighted by molar-refractivity contribution is 0.0682. The third-order valence-corrected chi connectivity index (χ3v) is 12.5. The maximum Gasteiger partial charge on any atom is 0.252 e. The molecule has 2 aliphatic heterocycles. The Kier molecular flexibility index (Phi) is 8.34. The van der Waals surface area contributed by atoms with Gasteiger partial charge in [0.25, 0.3) is 11.8 Å². The minimum atomic E-state index is -1.08. The van der Waals surface area contributed by atoms with Crippen molar-refractivity contribution in [2.45, 2.75) is 75.7 Å². The van der Waals surface area contributed by atoms with Gasteiger partial charge in [0.15, 0.2) is 11.6 Å². The summed E-state index contributed by atoms with van der Waals surface area (Å²) in [7, 11) is 0. The van der Waals surface area contributed by atoms with Crippen LogP contribution in [-0.4, -0.2) is 60.7 Å². The topological polar surface area (TPSA) is 185 Å². The van der Waals surface area contributed by atoms with E-state index in [0.717, 1.165) is 91.4 Å². The molecule has 6 aromatic heterocycles. The van der Waals surface area contributed by atoms with Crippen molar-refractivity contribution in [1.82, 2.24) is 49.3 Å². The number of nitrogens with one attached hydrogen (secondary N) is 2. The van der Waals surface area contributed by atoms with Gasteiger partial charge in [0.2, 0.25) is 0 Å². The van der Waals surface area contributed by atoms with Crippen LogP contribution in [0.2, 0.25) is 0 Å². The van der Waals surface area contributed by atoms with E-state index in [9.17, 15) is 19.8 Å². The SMILES string of the molecule is CC(C)(O)c1ncc(-c2ccc3nc4c(n3c2)[C@@H]2C[C@H]4NC(=O)c3ccccc32)cn1.CC(C)(O)c1ncc(-c2ccc3nc4c(n3c2)[C@H]2C[C@@H]4NC(=O)c3ccccc32)cn1. The van der Waals surface area contributed by atoms with E-state index in [1.54, 1.807) is 52.5 Å². The Morgan fingerprint density at radius 2 is 0.935 bits per heavy atom. The van der Waals surface area contributed by atoms with Crippen molar-refractivity contribution in [2.75, 3.05) is 0 Å². The summed E-state index contributed by atoms with van der Waals surface area (Å²) in [5.41, 5.74) is 10.9. The molecule has 0 saturated heterocycles. The van der Waals surface area contributed by atoms with Crippen LogP contribution in [0.1, 0.15) is 131 Å². The first-order valence-electron chi connectivity index (χ1n) is 20.7. The normalized spacial score (nSPS) is 19.6. The summed E-state index contributed by atoms with van der Waals surface area (Å²) in [5, 5.41) is 26.5. The number of carbonyl (C=O) groups is 2. The van der Waals surface area contributed by atoms with Crippen LogP contribution in [0.5, 0.6) is 0 Å². The fourth-order valence-corrected chi connectivity index (χ4v) is 9.50. The molecule has 12 rings (SSSR count). The van der Waals surface area contributed by atoms with Crippen LogP contribution in [0, 0.1) is 0 Å². The summed E-state index contributed by atoms with van der Waals surface area (Å²) in [5.74, 6) is 0.922. The number of imidazole rings is 2. The van der Waals surface area contributed by atoms with Gasteiger partial charge in [-0.1, -0.05) is 36.4 Å². The monoisotopic (exact) mass is 822 g/mol. The molecule has 2 aromatic carbocycles. The molecule has 308 valence electrons. The minimum Gasteiger partial charge on any atom is -0.382 e. The van der Waals surface area contributed by atoms with Crippen molar-refractivity contribution < 1.29 is 19.8 Å². The molecule has 62 heavy (non-hydrogen) atoms. The maximum atomic E-state index is 12.7. The van der Waals surface area contributed by atoms with Crippen molar-refractivity contribution in [3.8, 4) is 22.3 Å². The van der Waals surface area contributed by atoms with Crippen molar-refractivity contribution in [3.63, 3.8) is 0 Å². The van der Waals surface area contributed by atoms with Crippen molar-refractivity contribution >= 4 is 23.1 Å². The molecule has 0 saturated carbocycles. The second-order valence-electron chi connectivity index (χ2n) is 17.6. The molecule has 4 atom stereocenters. The van der Waals surface area contributed by atoms with Crippen LogP contribution in [-0.2, 0) is 11.2 Å². The Morgan fingerprint density at radius 3 is 1.32 bits per heavy atom. The lowest BCUT2D eigenvalue weighted by Crippen LogP contribution is -2.26. The Balaban J connectivity index is 0.000000139. The number of aromatic nitrogens is 8. The largest absolute Gasteiger partial charge is 0.382 e. The average molecular weight is 823 g/mol. The fraction of sp³-hybridized carbons (Fsp3) is 0.250. The van der Waals surface area contributed by atoms with Crippen LogP contribution in [0.15, 0.2) is 110 Å². The molecule has 14 heteroatoms. The molecule has 14 nitrogen and oxygen atoms in total. The Labute approximate surface area is 355 Å². The zero-order chi connectivity index (χ0) is 42.7. The standard InChI is InChI=1S/2C24H21N5O2/c2*1-24(2,31)23-25-10-14(11-26-23)13-7-8-19-28-20-18-9-17(21(20)29(19)12-13)15-5-3-4-6-16(15)22(30)27-18/h2*3-8,10-12,17-18,31H,9H2,1-2H3,(H,27,30)/t2*17-,18-/m10/s1. The summed E-state index contributed by atoms with van der Waals surface area (Å²) in [6, 6.07) is 23.4. The van der Waals surface area contributed by atoms with Gasteiger partial charge in [-0.2, -0.15) is 0 Å². The van der Waals surface area contributed by atoms with Gasteiger partial charge in [-0.3, -0.25) is 9.59 Å². The summed E-state index contributed by atoms with van der Waals surface area (Å²) in [4.78, 5) is 52.4. The molecular formula is C48H42N10O4. The molecule has 0 radical (unpaired) electrons. The first-order chi connectivity index (χ1) is 29.8. The molecule has 4 bridgehead atoms. The molecule has 0 unspecified atom stereocenters. The molecule has 4 aliphatic rings. The first-order valence-corrected chi connectivity index (χ1v) is 20.7. The van der Waals surface area contributed by atoms with Crippen LogP contribution < -0.4 is 10.6 Å². The number of hydrogen-bond acceptors (Lipinski definition) is 10. The zero-order valence-corrected chi connectivity index (χ0v) is 34.4. The number of rotatable bonds is 4. The van der Waals surface area contributed by atoms with Gasteiger partial charge in [0.05, 0.1) is 34.9 Å². The predicted octanol–water partition coefficient (Wildman–Crippen LogP) is 6.68. The number of amides is 2. The van der Waals surface area contributed by atoms with Gasteiger partial charge in [0, 0.05) is 82.4 Å². The van der Waals surface area contributed by atoms with E-state index < -0.39 is 11.2 Å². The highest BCUT2D eigenvalue weighted by Gasteiger charge is 2.43. The number of hydrogen-bond donors (Lipinski definition) is 4. The number of aliphatic hydroxyl groups is 2. The number of benzene rings is 2. The third-order valence-electron chi connectivity index (χ3n) is 12.5. The average Bonchev–Trinajstić information content (AvgIpc) is 3.98. The maximum absolute atomic E-state index is 12.7. The number of carbonyl (C=O) groups excluding carboxylic acids is 2. The van der Waals surface area contributed by atoms with E-state index in [1.165, 1.54) is 0 Å². The van der Waals surface area contributed by atoms with E-state index in [-0.39, 0.29) is 35.7 Å². The van der Waals surface area contributed by atoms with Gasteiger partial charge >= 0.3 is 0 Å². The molecule has 0 fully saturated rings. The molecule has 8 aromatic rings. The Hall–Kier alpha value is -7.16. The van der Waals surface area contributed by atoms with Crippen molar-refractivity contribution in [2.24, 2.45) is 0 Å². The lowest BCUT2D eigenvalue weighted by Gasteiger charge is -2.16. The smallest absolute Gasteiger partial charge is 0.252 e. The van der Waals surface area contributed by atoms with E-state index >= 15 is 0 Å². The van der Waals surface area contributed by atoms with Crippen LogP contribution >= 0.6 is 0 Å². The number of fused-ring (bicyclic) bond motifs is 18. The number of pyridine rings is 2. The van der Waals surface area contributed by atoms with Crippen LogP contribution in [0.3, 0.4) is 0 Å². The quantitative estimate of drug-likeness (QED) is 0.149. The molecule has 2 amide bonds. The second-order valence-corrected chi connectivity index (χ2v) is 17.6. The molecule has 2 aliphatic carbocycles. The van der Waals surface area contributed by atoms with Crippen molar-refractivity contribution in [3.05, 3.63) is 167 Å². The first kappa shape index (κ1) is 37.8. The van der Waals surface area contributed by atoms with E-state index in [4.69, 9.17) is 9.97 Å². The molecule has 0 spiro atoms. The van der Waals surface area contributed by atoms with Gasteiger partial charge in [-0.05, 0) is 88.1 Å². The third kappa shape index (κ3) is 6.08. The van der Waals surface area contributed by atoms with Gasteiger partial charge in [-0.15, -0.1) is 0 Å². The van der Waals surface area contributed by atoms with Crippen molar-refractivity contribution in [1.29, 1.82) is 0 Å². The highest BCUT2D eigenvalue weighted by molar-refractivity contribution is 5.98. The highest BCUT2D eigenvalue weighted by Crippen LogP contribution is 2.48. The summed E-state index contributed by atoms with van der Waals surface area (Å²) in [6.07, 6.45) is 12.7. The van der Waals surface area contributed by atoms with Gasteiger partial charge < -0.3 is 29.6 Å². The van der Waals surface area contributed by atoms with Crippen LogP contribution in [0.4, 0.5) is 0 Å². The van der Waals surface area contributed by atoms with Gasteiger partial charge in [-0.25, -0.2) is 29.9 Å². The van der Waals surface area contributed by atoms with Crippen LogP contribution in [0.25, 0.3) is 33.5 Å². The van der Waals surface area contributed by atoms with Gasteiger partial charge in [0.1, 0.15) is 22.5 Å². The summed E-state index contributed by atoms with van der Waals surface area (Å²) < 4.78 is 4.26. The lowest BCUT2D eigenvalue weighted by atomic mass is 9.92. The fourth-order valence-electron chi connectivity index (χ4n) is 9.50.